The quantitative estimate of drug-likeness (QED) is 0.714. The molecule has 0 bridgehead atoms. The smallest absolute Gasteiger partial charge is 0.221 e. The van der Waals surface area contributed by atoms with Gasteiger partial charge in [-0.2, -0.15) is 0 Å². The minimum atomic E-state index is -0.0122. The van der Waals surface area contributed by atoms with E-state index in [1.165, 1.54) is 0 Å². The Hall–Kier alpha value is -0.610. The Labute approximate surface area is 97.9 Å². The zero-order chi connectivity index (χ0) is 12.0. The summed E-state index contributed by atoms with van der Waals surface area (Å²) in [4.78, 5) is 11.5. The van der Waals surface area contributed by atoms with Crippen LogP contribution in [0, 0.1) is 5.92 Å². The number of hydrogen-bond donors (Lipinski definition) is 2. The van der Waals surface area contributed by atoms with Gasteiger partial charge in [0.05, 0.1) is 6.10 Å². The van der Waals surface area contributed by atoms with Crippen LogP contribution in [0.15, 0.2) is 0 Å². The Morgan fingerprint density at radius 1 is 1.56 bits per heavy atom. The largest absolute Gasteiger partial charge is 0.378 e. The van der Waals surface area contributed by atoms with Crippen LogP contribution in [-0.2, 0) is 9.53 Å². The predicted molar refractivity (Wildman–Crippen MR) is 64.0 cm³/mol. The van der Waals surface area contributed by atoms with Gasteiger partial charge in [-0.25, -0.2) is 0 Å². The van der Waals surface area contributed by atoms with Crippen LogP contribution in [0.1, 0.15) is 39.5 Å². The molecule has 1 saturated heterocycles. The van der Waals surface area contributed by atoms with E-state index in [9.17, 15) is 4.79 Å². The lowest BCUT2D eigenvalue weighted by Crippen LogP contribution is -2.36. The summed E-state index contributed by atoms with van der Waals surface area (Å²) in [7, 11) is 0. The first-order valence-corrected chi connectivity index (χ1v) is 6.31. The predicted octanol–water partition coefficient (Wildman–Crippen LogP) is 1.05. The number of carbonyl (C=O) groups is 1. The van der Waals surface area contributed by atoms with Crippen molar-refractivity contribution in [1.82, 2.24) is 5.32 Å². The first-order chi connectivity index (χ1) is 7.67. The molecule has 0 aromatic carbocycles. The van der Waals surface area contributed by atoms with E-state index in [-0.39, 0.29) is 11.9 Å². The summed E-state index contributed by atoms with van der Waals surface area (Å²) in [6.45, 7) is 5.68. The molecule has 0 saturated carbocycles. The molecule has 3 unspecified atom stereocenters. The molecule has 16 heavy (non-hydrogen) atoms. The fourth-order valence-corrected chi connectivity index (χ4v) is 2.08. The molecule has 4 nitrogen and oxygen atoms in total. The molecular weight excluding hydrogens is 204 g/mol. The average molecular weight is 228 g/mol. The first-order valence-electron chi connectivity index (χ1n) is 6.31. The Kier molecular flexibility index (Phi) is 5.77. The summed E-state index contributed by atoms with van der Waals surface area (Å²) >= 11 is 0. The summed E-state index contributed by atoms with van der Waals surface area (Å²) in [5.74, 6) is 0.544. The number of rotatable bonds is 6. The molecule has 94 valence electrons. The summed E-state index contributed by atoms with van der Waals surface area (Å²) < 4.78 is 5.57. The van der Waals surface area contributed by atoms with Crippen LogP contribution in [0.2, 0.25) is 0 Å². The van der Waals surface area contributed by atoms with Crippen LogP contribution in [0.4, 0.5) is 0 Å². The van der Waals surface area contributed by atoms with Gasteiger partial charge in [0, 0.05) is 31.5 Å². The minimum absolute atomic E-state index is 0.0122. The van der Waals surface area contributed by atoms with E-state index >= 15 is 0 Å². The Balaban J connectivity index is 2.20. The summed E-state index contributed by atoms with van der Waals surface area (Å²) in [6, 6.07) is -0.0122. The van der Waals surface area contributed by atoms with Crippen LogP contribution in [0.5, 0.6) is 0 Å². The van der Waals surface area contributed by atoms with E-state index in [2.05, 4.69) is 12.2 Å². The highest BCUT2D eigenvalue weighted by molar-refractivity contribution is 5.76. The van der Waals surface area contributed by atoms with Crippen molar-refractivity contribution >= 4 is 5.91 Å². The first kappa shape index (κ1) is 13.5. The van der Waals surface area contributed by atoms with Crippen LogP contribution in [0.25, 0.3) is 0 Å². The van der Waals surface area contributed by atoms with Gasteiger partial charge in [-0.3, -0.25) is 4.79 Å². The number of amides is 1. The molecule has 4 heteroatoms. The Morgan fingerprint density at radius 3 is 2.94 bits per heavy atom. The van der Waals surface area contributed by atoms with Crippen LogP contribution < -0.4 is 11.1 Å². The van der Waals surface area contributed by atoms with E-state index in [1.807, 2.05) is 6.92 Å². The number of nitrogens with two attached hydrogens (primary N) is 1. The molecule has 0 aromatic heterocycles. The van der Waals surface area contributed by atoms with Crippen LogP contribution in [-0.4, -0.2) is 31.2 Å². The summed E-state index contributed by atoms with van der Waals surface area (Å²) in [6.07, 6.45) is 3.67. The van der Waals surface area contributed by atoms with Crippen LogP contribution in [0.3, 0.4) is 0 Å². The Bertz CT molecular complexity index is 221. The number of nitrogens with one attached hydrogen (secondary N) is 1. The highest BCUT2D eigenvalue weighted by atomic mass is 16.5. The number of ether oxygens (including phenoxy) is 1. The summed E-state index contributed by atoms with van der Waals surface area (Å²) in [5, 5.41) is 2.96. The van der Waals surface area contributed by atoms with Crippen molar-refractivity contribution in [3.8, 4) is 0 Å². The molecule has 1 aliphatic rings. The molecule has 0 aliphatic carbocycles. The topological polar surface area (TPSA) is 64.4 Å². The standard InChI is InChI=1S/C12H24N2O2/c1-3-10(13)7-12(15)14-8-9-5-6-16-11(9)4-2/h9-11H,3-8,13H2,1-2H3,(H,14,15). The second-order valence-electron chi connectivity index (χ2n) is 4.54. The van der Waals surface area contributed by atoms with Crippen molar-refractivity contribution in [1.29, 1.82) is 0 Å². The fraction of sp³-hybridized carbons (Fsp3) is 0.917. The van der Waals surface area contributed by atoms with Gasteiger partial charge in [-0.05, 0) is 19.3 Å². The molecule has 1 rings (SSSR count). The van der Waals surface area contributed by atoms with Crippen LogP contribution >= 0.6 is 0 Å². The molecular formula is C12H24N2O2. The normalized spacial score (nSPS) is 26.7. The maximum absolute atomic E-state index is 11.5. The van der Waals surface area contributed by atoms with Crippen molar-refractivity contribution in [3.63, 3.8) is 0 Å². The molecule has 0 spiro atoms. The maximum Gasteiger partial charge on any atom is 0.221 e. The average Bonchev–Trinajstić information content (AvgIpc) is 2.73. The van der Waals surface area contributed by atoms with Crippen molar-refractivity contribution in [2.24, 2.45) is 11.7 Å². The maximum atomic E-state index is 11.5. The molecule has 3 atom stereocenters. The second kappa shape index (κ2) is 6.86. The van der Waals surface area contributed by atoms with E-state index < -0.39 is 0 Å². The van der Waals surface area contributed by atoms with Crippen molar-refractivity contribution in [2.75, 3.05) is 13.2 Å². The fourth-order valence-electron chi connectivity index (χ4n) is 2.08. The zero-order valence-corrected chi connectivity index (χ0v) is 10.4. The van der Waals surface area contributed by atoms with Gasteiger partial charge in [0.25, 0.3) is 0 Å². The SMILES string of the molecule is CCC(N)CC(=O)NCC1CCOC1CC. The molecule has 3 N–H and O–H groups in total. The lowest BCUT2D eigenvalue weighted by molar-refractivity contribution is -0.121. The lowest BCUT2D eigenvalue weighted by atomic mass is 9.99. The molecule has 1 aliphatic heterocycles. The molecule has 1 fully saturated rings. The minimum Gasteiger partial charge on any atom is -0.378 e. The van der Waals surface area contributed by atoms with Crippen molar-refractivity contribution < 1.29 is 9.53 Å². The third-order valence-electron chi connectivity index (χ3n) is 3.28. The molecule has 1 heterocycles. The van der Waals surface area contributed by atoms with Gasteiger partial charge >= 0.3 is 0 Å². The highest BCUT2D eigenvalue weighted by Crippen LogP contribution is 2.22. The van der Waals surface area contributed by atoms with Crippen molar-refractivity contribution in [2.45, 2.75) is 51.7 Å². The molecule has 0 aromatic rings. The number of hydrogen-bond acceptors (Lipinski definition) is 3. The monoisotopic (exact) mass is 228 g/mol. The zero-order valence-electron chi connectivity index (χ0n) is 10.4. The van der Waals surface area contributed by atoms with Gasteiger partial charge in [-0.1, -0.05) is 13.8 Å². The Morgan fingerprint density at radius 2 is 2.31 bits per heavy atom. The van der Waals surface area contributed by atoms with E-state index in [0.29, 0.717) is 18.4 Å². The summed E-state index contributed by atoms with van der Waals surface area (Å²) in [5.41, 5.74) is 5.73. The molecule has 0 radical (unpaired) electrons. The van der Waals surface area contributed by atoms with E-state index in [4.69, 9.17) is 10.5 Å². The van der Waals surface area contributed by atoms with Gasteiger partial charge in [0.1, 0.15) is 0 Å². The third kappa shape index (κ3) is 4.10. The van der Waals surface area contributed by atoms with E-state index in [0.717, 1.165) is 32.4 Å². The molecule has 1 amide bonds. The second-order valence-corrected chi connectivity index (χ2v) is 4.54. The lowest BCUT2D eigenvalue weighted by Gasteiger charge is -2.17. The van der Waals surface area contributed by atoms with E-state index in [1.54, 1.807) is 0 Å². The third-order valence-corrected chi connectivity index (χ3v) is 3.28. The van der Waals surface area contributed by atoms with Gasteiger partial charge in [0.15, 0.2) is 0 Å². The van der Waals surface area contributed by atoms with Crippen molar-refractivity contribution in [3.05, 3.63) is 0 Å². The highest BCUT2D eigenvalue weighted by Gasteiger charge is 2.26. The number of carbonyl (C=O) groups excluding carboxylic acids is 1. The van der Waals surface area contributed by atoms with Gasteiger partial charge in [0.2, 0.25) is 5.91 Å². The van der Waals surface area contributed by atoms with Gasteiger partial charge < -0.3 is 15.8 Å². The van der Waals surface area contributed by atoms with Gasteiger partial charge in [-0.15, -0.1) is 0 Å².